The number of morpholine rings is 1. The average Bonchev–Trinajstić information content (AvgIpc) is 2.93. The third kappa shape index (κ3) is 5.49. The van der Waals surface area contributed by atoms with Crippen molar-refractivity contribution in [3.05, 3.63) is 107 Å². The molecule has 0 atom stereocenters. The molecule has 0 radical (unpaired) electrons. The molecular formula is C27H22F2N4O4. The summed E-state index contributed by atoms with van der Waals surface area (Å²) in [4.78, 5) is 27.9. The molecule has 188 valence electrons. The van der Waals surface area contributed by atoms with Crippen LogP contribution in [-0.2, 0) is 4.74 Å². The normalized spacial score (nSPS) is 13.3. The van der Waals surface area contributed by atoms with Crippen LogP contribution in [0.1, 0.15) is 10.4 Å². The number of halogens is 2. The van der Waals surface area contributed by atoms with Crippen LogP contribution in [0.2, 0.25) is 0 Å². The first-order valence-electron chi connectivity index (χ1n) is 11.5. The number of carbonyl (C=O) groups excluding carboxylic acids is 1. The van der Waals surface area contributed by atoms with Gasteiger partial charge >= 0.3 is 0 Å². The standard InChI is InChI=1S/C27H22F2N4O4/c28-19-3-9-22(10-4-19)33-27(35)25(24(17-30-33)37-23-11-5-20(29)6-12-23)31-21-7-1-18(2-8-21)26(34)32-13-15-36-16-14-32/h1-12,17,31H,13-16H2. The molecule has 0 aliphatic carbocycles. The van der Waals surface area contributed by atoms with Crippen molar-refractivity contribution in [3.63, 3.8) is 0 Å². The molecular weight excluding hydrogens is 482 g/mol. The Bertz CT molecular complexity index is 1450. The summed E-state index contributed by atoms with van der Waals surface area (Å²) in [6.07, 6.45) is 1.34. The zero-order valence-electron chi connectivity index (χ0n) is 19.6. The lowest BCUT2D eigenvalue weighted by Gasteiger charge is -2.26. The zero-order chi connectivity index (χ0) is 25.8. The number of hydrogen-bond donors (Lipinski definition) is 1. The lowest BCUT2D eigenvalue weighted by atomic mass is 10.1. The summed E-state index contributed by atoms with van der Waals surface area (Å²) in [5.41, 5.74) is 0.884. The van der Waals surface area contributed by atoms with Crippen molar-refractivity contribution in [3.8, 4) is 17.2 Å². The van der Waals surface area contributed by atoms with Gasteiger partial charge in [0.2, 0.25) is 0 Å². The van der Waals surface area contributed by atoms with Crippen LogP contribution in [0, 0.1) is 11.6 Å². The number of benzene rings is 3. The van der Waals surface area contributed by atoms with Gasteiger partial charge in [-0.05, 0) is 72.8 Å². The van der Waals surface area contributed by atoms with Crippen molar-refractivity contribution < 1.29 is 23.0 Å². The van der Waals surface area contributed by atoms with Gasteiger partial charge in [0, 0.05) is 24.3 Å². The molecule has 0 saturated carbocycles. The van der Waals surface area contributed by atoms with E-state index in [0.717, 1.165) is 4.68 Å². The van der Waals surface area contributed by atoms with E-state index in [1.807, 2.05) is 0 Å². The third-order valence-electron chi connectivity index (χ3n) is 5.76. The number of carbonyl (C=O) groups is 1. The monoisotopic (exact) mass is 504 g/mol. The molecule has 3 aromatic carbocycles. The van der Waals surface area contributed by atoms with Gasteiger partial charge in [0.15, 0.2) is 11.4 Å². The molecule has 37 heavy (non-hydrogen) atoms. The van der Waals surface area contributed by atoms with E-state index in [9.17, 15) is 18.4 Å². The zero-order valence-corrected chi connectivity index (χ0v) is 19.6. The number of nitrogens with zero attached hydrogens (tertiary/aromatic N) is 3. The van der Waals surface area contributed by atoms with Gasteiger partial charge in [-0.3, -0.25) is 9.59 Å². The van der Waals surface area contributed by atoms with Gasteiger partial charge in [-0.2, -0.15) is 9.78 Å². The maximum atomic E-state index is 13.4. The van der Waals surface area contributed by atoms with Crippen molar-refractivity contribution in [1.29, 1.82) is 0 Å². The molecule has 1 N–H and O–H groups in total. The number of aromatic nitrogens is 2. The molecule has 0 spiro atoms. The molecule has 0 bridgehead atoms. The minimum atomic E-state index is -0.556. The second-order valence-electron chi connectivity index (χ2n) is 8.24. The number of ether oxygens (including phenoxy) is 2. The molecule has 10 heteroatoms. The molecule has 1 aliphatic heterocycles. The van der Waals surface area contributed by atoms with E-state index in [1.165, 1.54) is 54.7 Å². The van der Waals surface area contributed by atoms with E-state index in [0.29, 0.717) is 49.0 Å². The van der Waals surface area contributed by atoms with Gasteiger partial charge in [0.25, 0.3) is 11.5 Å². The second kappa shape index (κ2) is 10.6. The van der Waals surface area contributed by atoms with Gasteiger partial charge in [-0.15, -0.1) is 0 Å². The maximum absolute atomic E-state index is 13.4. The molecule has 1 amide bonds. The SMILES string of the molecule is O=C(c1ccc(Nc2c(Oc3ccc(F)cc3)cnn(-c3ccc(F)cc3)c2=O)cc1)N1CCOCC1. The van der Waals surface area contributed by atoms with E-state index in [1.54, 1.807) is 29.2 Å². The van der Waals surface area contributed by atoms with Crippen LogP contribution in [0.4, 0.5) is 20.2 Å². The van der Waals surface area contributed by atoms with Gasteiger partial charge in [-0.25, -0.2) is 8.78 Å². The van der Waals surface area contributed by atoms with Crippen molar-refractivity contribution in [2.24, 2.45) is 0 Å². The second-order valence-corrected chi connectivity index (χ2v) is 8.24. The molecule has 0 unspecified atom stereocenters. The quantitative estimate of drug-likeness (QED) is 0.416. The summed E-state index contributed by atoms with van der Waals surface area (Å²) in [5, 5.41) is 7.21. The number of rotatable bonds is 6. The number of anilines is 2. The Labute approximate surface area is 210 Å². The summed E-state index contributed by atoms with van der Waals surface area (Å²) in [6.45, 7) is 2.07. The first kappa shape index (κ1) is 24.1. The van der Waals surface area contributed by atoms with Crippen LogP contribution in [0.25, 0.3) is 5.69 Å². The first-order valence-corrected chi connectivity index (χ1v) is 11.5. The van der Waals surface area contributed by atoms with Gasteiger partial charge < -0.3 is 19.7 Å². The van der Waals surface area contributed by atoms with Gasteiger partial charge in [0.05, 0.1) is 25.1 Å². The smallest absolute Gasteiger partial charge is 0.299 e. The van der Waals surface area contributed by atoms with Crippen molar-refractivity contribution in [1.82, 2.24) is 14.7 Å². The van der Waals surface area contributed by atoms with Crippen LogP contribution in [0.15, 0.2) is 83.8 Å². The third-order valence-corrected chi connectivity index (χ3v) is 5.76. The lowest BCUT2D eigenvalue weighted by Crippen LogP contribution is -2.40. The predicted octanol–water partition coefficient (Wildman–Crippen LogP) is 4.52. The Morgan fingerprint density at radius 1 is 0.892 bits per heavy atom. The minimum Gasteiger partial charge on any atom is -0.453 e. The fraction of sp³-hybridized carbons (Fsp3) is 0.148. The van der Waals surface area contributed by atoms with Crippen LogP contribution in [0.5, 0.6) is 11.5 Å². The van der Waals surface area contributed by atoms with E-state index in [4.69, 9.17) is 9.47 Å². The van der Waals surface area contributed by atoms with Crippen molar-refractivity contribution in [2.45, 2.75) is 0 Å². The van der Waals surface area contributed by atoms with Crippen LogP contribution < -0.4 is 15.6 Å². The highest BCUT2D eigenvalue weighted by Crippen LogP contribution is 2.29. The topological polar surface area (TPSA) is 85.7 Å². The molecule has 1 aliphatic rings. The number of hydrogen-bond acceptors (Lipinski definition) is 6. The fourth-order valence-electron chi connectivity index (χ4n) is 3.82. The maximum Gasteiger partial charge on any atom is 0.299 e. The summed E-state index contributed by atoms with van der Waals surface area (Å²) < 4.78 is 39.0. The summed E-state index contributed by atoms with van der Waals surface area (Å²) >= 11 is 0. The molecule has 8 nitrogen and oxygen atoms in total. The fourth-order valence-corrected chi connectivity index (χ4v) is 3.82. The average molecular weight is 504 g/mol. The van der Waals surface area contributed by atoms with Crippen molar-refractivity contribution in [2.75, 3.05) is 31.6 Å². The lowest BCUT2D eigenvalue weighted by molar-refractivity contribution is 0.0303. The molecule has 5 rings (SSSR count). The van der Waals surface area contributed by atoms with Crippen molar-refractivity contribution >= 4 is 17.3 Å². The first-order chi connectivity index (χ1) is 18.0. The van der Waals surface area contributed by atoms with E-state index in [2.05, 4.69) is 10.4 Å². The highest BCUT2D eigenvalue weighted by atomic mass is 19.1. The van der Waals surface area contributed by atoms with E-state index < -0.39 is 17.2 Å². The summed E-state index contributed by atoms with van der Waals surface area (Å²) in [7, 11) is 0. The van der Waals surface area contributed by atoms with Gasteiger partial charge in [0.1, 0.15) is 17.4 Å². The highest BCUT2D eigenvalue weighted by molar-refractivity contribution is 5.94. The van der Waals surface area contributed by atoms with Crippen LogP contribution in [0.3, 0.4) is 0 Å². The number of nitrogens with one attached hydrogen (secondary N) is 1. The predicted molar refractivity (Wildman–Crippen MR) is 133 cm³/mol. The molecule has 4 aromatic rings. The molecule has 2 heterocycles. The van der Waals surface area contributed by atoms with Crippen LogP contribution >= 0.6 is 0 Å². The Hall–Kier alpha value is -4.57. The van der Waals surface area contributed by atoms with E-state index in [-0.39, 0.29) is 17.3 Å². The van der Waals surface area contributed by atoms with E-state index >= 15 is 0 Å². The minimum absolute atomic E-state index is 0.0518. The highest BCUT2D eigenvalue weighted by Gasteiger charge is 2.19. The Kier molecular flexibility index (Phi) is 6.91. The Morgan fingerprint density at radius 3 is 2.16 bits per heavy atom. The van der Waals surface area contributed by atoms with Gasteiger partial charge in [-0.1, -0.05) is 0 Å². The summed E-state index contributed by atoms with van der Waals surface area (Å²) in [6, 6.07) is 17.3. The molecule has 1 saturated heterocycles. The molecule has 1 fully saturated rings. The number of amides is 1. The largest absolute Gasteiger partial charge is 0.453 e. The Morgan fingerprint density at radius 2 is 1.51 bits per heavy atom. The Balaban J connectivity index is 1.47. The summed E-state index contributed by atoms with van der Waals surface area (Å²) in [5.74, 6) is -0.571. The van der Waals surface area contributed by atoms with Crippen LogP contribution in [-0.4, -0.2) is 46.9 Å². The molecule has 1 aromatic heterocycles.